The molecule has 0 aliphatic carbocycles. The van der Waals surface area contributed by atoms with Crippen LogP contribution >= 0.6 is 23.4 Å². The van der Waals surface area contributed by atoms with Gasteiger partial charge in [0.15, 0.2) is 0 Å². The van der Waals surface area contributed by atoms with E-state index in [0.29, 0.717) is 12.4 Å². The quantitative estimate of drug-likeness (QED) is 0.598. The van der Waals surface area contributed by atoms with Gasteiger partial charge in [-0.05, 0) is 36.8 Å². The molecule has 0 radical (unpaired) electrons. The van der Waals surface area contributed by atoms with Gasteiger partial charge in [0, 0.05) is 10.6 Å². The number of halogens is 1. The van der Waals surface area contributed by atoms with E-state index < -0.39 is 5.97 Å². The third-order valence-electron chi connectivity index (χ3n) is 2.73. The number of carboxylic acids is 1. The lowest BCUT2D eigenvalue weighted by Crippen LogP contribution is -2.01. The van der Waals surface area contributed by atoms with Gasteiger partial charge in [-0.15, -0.1) is 11.8 Å². The Balaban J connectivity index is 1.74. The number of carboxylic acid groups (broad SMARTS) is 1. The molecule has 0 saturated heterocycles. The number of aromatic carboxylic acids is 1. The van der Waals surface area contributed by atoms with Crippen LogP contribution in [-0.4, -0.2) is 23.4 Å². The molecule has 0 saturated carbocycles. The van der Waals surface area contributed by atoms with Crippen LogP contribution in [0.1, 0.15) is 16.8 Å². The molecule has 3 nitrogen and oxygen atoms in total. The summed E-state index contributed by atoms with van der Waals surface area (Å²) in [6.45, 7) is 0.542. The van der Waals surface area contributed by atoms with Crippen LogP contribution in [0.25, 0.3) is 0 Å². The number of thioether (sulfide) groups is 1. The van der Waals surface area contributed by atoms with Crippen molar-refractivity contribution in [3.8, 4) is 5.75 Å². The van der Waals surface area contributed by atoms with E-state index in [0.717, 1.165) is 22.1 Å². The largest absolute Gasteiger partial charge is 0.494 e. The summed E-state index contributed by atoms with van der Waals surface area (Å²) in [5, 5.41) is 9.66. The summed E-state index contributed by atoms with van der Waals surface area (Å²) < 4.78 is 5.56. The molecule has 1 N–H and O–H groups in total. The highest BCUT2D eigenvalue weighted by molar-refractivity contribution is 7.99. The Hall–Kier alpha value is -1.65. The molecule has 0 aliphatic rings. The van der Waals surface area contributed by atoms with E-state index in [-0.39, 0.29) is 5.56 Å². The van der Waals surface area contributed by atoms with Crippen LogP contribution < -0.4 is 4.74 Å². The molecule has 0 unspecified atom stereocenters. The lowest BCUT2D eigenvalue weighted by molar-refractivity contribution is 0.0696. The van der Waals surface area contributed by atoms with Crippen molar-refractivity contribution in [1.82, 2.24) is 0 Å². The number of rotatable bonds is 7. The van der Waals surface area contributed by atoms with Crippen LogP contribution in [0.3, 0.4) is 0 Å². The number of carbonyl (C=O) groups is 1. The number of ether oxygens (including phenoxy) is 1. The van der Waals surface area contributed by atoms with Crippen molar-refractivity contribution in [3.63, 3.8) is 0 Å². The molecule has 0 spiro atoms. The van der Waals surface area contributed by atoms with E-state index in [2.05, 4.69) is 0 Å². The summed E-state index contributed by atoms with van der Waals surface area (Å²) in [5.74, 6) is 0.523. The highest BCUT2D eigenvalue weighted by Gasteiger charge is 2.04. The highest BCUT2D eigenvalue weighted by atomic mass is 35.5. The van der Waals surface area contributed by atoms with Crippen LogP contribution in [0.2, 0.25) is 5.02 Å². The van der Waals surface area contributed by atoms with Crippen LogP contribution in [-0.2, 0) is 0 Å². The Labute approximate surface area is 132 Å². The van der Waals surface area contributed by atoms with Crippen molar-refractivity contribution < 1.29 is 14.6 Å². The van der Waals surface area contributed by atoms with Gasteiger partial charge in [0.2, 0.25) is 0 Å². The Bertz CT molecular complexity index is 616. The van der Waals surface area contributed by atoms with E-state index in [1.54, 1.807) is 30.0 Å². The van der Waals surface area contributed by atoms with Gasteiger partial charge in [-0.25, -0.2) is 4.79 Å². The number of hydrogen-bond acceptors (Lipinski definition) is 3. The highest BCUT2D eigenvalue weighted by Crippen LogP contribution is 2.26. The zero-order valence-electron chi connectivity index (χ0n) is 11.3. The van der Waals surface area contributed by atoms with E-state index >= 15 is 0 Å². The van der Waals surface area contributed by atoms with Crippen molar-refractivity contribution in [1.29, 1.82) is 0 Å². The first-order chi connectivity index (χ1) is 10.2. The molecule has 2 rings (SSSR count). The van der Waals surface area contributed by atoms with Gasteiger partial charge >= 0.3 is 5.97 Å². The Kier molecular flexibility index (Phi) is 5.96. The first-order valence-corrected chi connectivity index (χ1v) is 7.86. The molecule has 0 aromatic heterocycles. The molecule has 0 amide bonds. The van der Waals surface area contributed by atoms with E-state index in [4.69, 9.17) is 21.4 Å². The summed E-state index contributed by atoms with van der Waals surface area (Å²) in [4.78, 5) is 11.9. The van der Waals surface area contributed by atoms with Gasteiger partial charge in [-0.1, -0.05) is 29.8 Å². The molecule has 0 atom stereocenters. The van der Waals surface area contributed by atoms with Crippen molar-refractivity contribution in [2.75, 3.05) is 12.4 Å². The molecule has 21 heavy (non-hydrogen) atoms. The van der Waals surface area contributed by atoms with Crippen molar-refractivity contribution in [2.24, 2.45) is 0 Å². The predicted octanol–water partition coefficient (Wildman–Crippen LogP) is 4.60. The predicted molar refractivity (Wildman–Crippen MR) is 85.7 cm³/mol. The first-order valence-electron chi connectivity index (χ1n) is 6.50. The molecule has 110 valence electrons. The summed E-state index contributed by atoms with van der Waals surface area (Å²) in [7, 11) is 0. The van der Waals surface area contributed by atoms with Crippen LogP contribution in [0.15, 0.2) is 53.4 Å². The minimum atomic E-state index is -0.949. The molecule has 5 heteroatoms. The van der Waals surface area contributed by atoms with Crippen molar-refractivity contribution in [3.05, 3.63) is 59.1 Å². The normalized spacial score (nSPS) is 10.3. The van der Waals surface area contributed by atoms with Crippen LogP contribution in [0.5, 0.6) is 5.75 Å². The Morgan fingerprint density at radius 3 is 2.76 bits per heavy atom. The average molecular weight is 323 g/mol. The minimum Gasteiger partial charge on any atom is -0.494 e. The average Bonchev–Trinajstić information content (AvgIpc) is 2.49. The third kappa shape index (κ3) is 4.99. The summed E-state index contributed by atoms with van der Waals surface area (Å²) in [5.41, 5.74) is 0.234. The lowest BCUT2D eigenvalue weighted by Gasteiger charge is -2.07. The molecule has 0 bridgehead atoms. The smallest absolute Gasteiger partial charge is 0.335 e. The lowest BCUT2D eigenvalue weighted by atomic mass is 10.2. The fourth-order valence-electron chi connectivity index (χ4n) is 1.71. The van der Waals surface area contributed by atoms with Gasteiger partial charge in [-0.2, -0.15) is 0 Å². The molecule has 2 aromatic rings. The monoisotopic (exact) mass is 322 g/mol. The standard InChI is InChI=1S/C16H15ClO3S/c17-14-7-1-2-8-15(14)21-10-4-9-20-13-6-3-5-12(11-13)16(18)19/h1-3,5-8,11H,4,9-10H2,(H,18,19). The third-order valence-corrected chi connectivity index (χ3v) is 4.33. The number of benzene rings is 2. The fourth-order valence-corrected chi connectivity index (χ4v) is 2.87. The van der Waals surface area contributed by atoms with E-state index in [1.807, 2.05) is 24.3 Å². The molecule has 0 fully saturated rings. The first kappa shape index (κ1) is 15.7. The van der Waals surface area contributed by atoms with E-state index in [1.165, 1.54) is 6.07 Å². The minimum absolute atomic E-state index is 0.234. The Morgan fingerprint density at radius 1 is 1.19 bits per heavy atom. The zero-order chi connectivity index (χ0) is 15.1. The van der Waals surface area contributed by atoms with Gasteiger partial charge in [0.1, 0.15) is 5.75 Å². The second kappa shape index (κ2) is 7.96. The SMILES string of the molecule is O=C(O)c1cccc(OCCCSc2ccccc2Cl)c1. The number of hydrogen-bond donors (Lipinski definition) is 1. The maximum absolute atomic E-state index is 10.8. The second-order valence-electron chi connectivity index (χ2n) is 4.31. The molecule has 0 aliphatic heterocycles. The topological polar surface area (TPSA) is 46.5 Å². The fraction of sp³-hybridized carbons (Fsp3) is 0.188. The van der Waals surface area contributed by atoms with Crippen LogP contribution in [0, 0.1) is 0 Å². The Morgan fingerprint density at radius 2 is 2.00 bits per heavy atom. The van der Waals surface area contributed by atoms with Gasteiger partial charge in [-0.3, -0.25) is 0 Å². The summed E-state index contributed by atoms with van der Waals surface area (Å²) in [6.07, 6.45) is 0.854. The van der Waals surface area contributed by atoms with Gasteiger partial charge in [0.25, 0.3) is 0 Å². The molecule has 2 aromatic carbocycles. The molecular formula is C16H15ClO3S. The molecular weight excluding hydrogens is 308 g/mol. The van der Waals surface area contributed by atoms with E-state index in [9.17, 15) is 4.79 Å². The second-order valence-corrected chi connectivity index (χ2v) is 5.86. The summed E-state index contributed by atoms with van der Waals surface area (Å²) in [6, 6.07) is 14.2. The zero-order valence-corrected chi connectivity index (χ0v) is 12.9. The van der Waals surface area contributed by atoms with Crippen molar-refractivity contribution in [2.45, 2.75) is 11.3 Å². The van der Waals surface area contributed by atoms with Crippen LogP contribution in [0.4, 0.5) is 0 Å². The maximum Gasteiger partial charge on any atom is 0.335 e. The van der Waals surface area contributed by atoms with Crippen molar-refractivity contribution >= 4 is 29.3 Å². The van der Waals surface area contributed by atoms with Gasteiger partial charge in [0.05, 0.1) is 17.2 Å². The van der Waals surface area contributed by atoms with Gasteiger partial charge < -0.3 is 9.84 Å². The molecule has 0 heterocycles. The summed E-state index contributed by atoms with van der Waals surface area (Å²) >= 11 is 7.76. The maximum atomic E-state index is 10.8.